The van der Waals surface area contributed by atoms with Crippen LogP contribution in [-0.4, -0.2) is 136 Å². The minimum atomic E-state index is -1.08. The first-order chi connectivity index (χ1) is 35.7. The van der Waals surface area contributed by atoms with Crippen molar-refractivity contribution >= 4 is 35.5 Å². The van der Waals surface area contributed by atoms with E-state index in [1.54, 1.807) is 50.2 Å². The molecule has 6 amide bonds. The van der Waals surface area contributed by atoms with Crippen molar-refractivity contribution in [2.45, 2.75) is 70.7 Å². The number of nitrogens with one attached hydrogen (secondary N) is 5. The molecule has 1 aliphatic rings. The number of azide groups is 1. The predicted molar refractivity (Wildman–Crippen MR) is 271 cm³/mol. The smallest absolute Gasteiger partial charge is 0.407 e. The molecule has 0 fully saturated rings. The van der Waals surface area contributed by atoms with Gasteiger partial charge in [0.2, 0.25) is 28.9 Å². The molecular formula is C50H69N9O15. The van der Waals surface area contributed by atoms with Crippen molar-refractivity contribution in [2.75, 3.05) is 99.7 Å². The Kier molecular flexibility index (Phi) is 25.6. The molecule has 1 unspecified atom stereocenters. The molecule has 0 saturated heterocycles. The first-order valence-electron chi connectivity index (χ1n) is 24.1. The van der Waals surface area contributed by atoms with Crippen LogP contribution in [0.5, 0.6) is 23.0 Å². The largest absolute Gasteiger partial charge is 0.493 e. The first-order valence-corrected chi connectivity index (χ1v) is 24.1. The normalized spacial score (nSPS) is 13.3. The van der Waals surface area contributed by atoms with Gasteiger partial charge in [-0.1, -0.05) is 37.2 Å². The van der Waals surface area contributed by atoms with Crippen LogP contribution in [0.4, 0.5) is 15.3 Å². The molecule has 7 N–H and O–H groups in total. The average Bonchev–Trinajstić information content (AvgIpc) is 3.63. The van der Waals surface area contributed by atoms with Gasteiger partial charge in [0.15, 0.2) is 17.2 Å². The Hall–Kier alpha value is -7.37. The fraction of sp³-hybridized carbons (Fsp3) is 0.520. The summed E-state index contributed by atoms with van der Waals surface area (Å²) in [5.41, 5.74) is 16.7. The summed E-state index contributed by atoms with van der Waals surface area (Å²) in [5.74, 6) is -0.585. The molecule has 3 aromatic rings. The van der Waals surface area contributed by atoms with Crippen LogP contribution in [0.1, 0.15) is 62.3 Å². The highest BCUT2D eigenvalue weighted by Gasteiger charge is 2.31. The van der Waals surface area contributed by atoms with Gasteiger partial charge >= 0.3 is 12.1 Å². The maximum absolute atomic E-state index is 13.7. The monoisotopic (exact) mass is 1040 g/mol. The van der Waals surface area contributed by atoms with Crippen LogP contribution < -0.4 is 56.7 Å². The van der Waals surface area contributed by atoms with Crippen LogP contribution >= 0.6 is 0 Å². The highest BCUT2D eigenvalue weighted by molar-refractivity contribution is 5.98. The third-order valence-corrected chi connectivity index (χ3v) is 11.5. The summed E-state index contributed by atoms with van der Waals surface area (Å²) in [6.07, 6.45) is 0.477. The third kappa shape index (κ3) is 18.9. The Morgan fingerprint density at radius 2 is 1.43 bits per heavy atom. The zero-order valence-electron chi connectivity index (χ0n) is 42.8. The van der Waals surface area contributed by atoms with Crippen LogP contribution in [0.2, 0.25) is 0 Å². The van der Waals surface area contributed by atoms with E-state index in [0.717, 1.165) is 5.56 Å². The molecule has 4 rings (SSSR count). The number of nitrogens with two attached hydrogens (primary N) is 1. The lowest BCUT2D eigenvalue weighted by Crippen LogP contribution is -2.54. The molecule has 74 heavy (non-hydrogen) atoms. The quantitative estimate of drug-likeness (QED) is 0.0218. The zero-order valence-corrected chi connectivity index (χ0v) is 42.8. The van der Waals surface area contributed by atoms with E-state index in [9.17, 15) is 28.8 Å². The number of carbonyl (C=O) groups is 5. The molecular weight excluding hydrogens is 967 g/mol. The van der Waals surface area contributed by atoms with Gasteiger partial charge in [-0.15, -0.1) is 0 Å². The average molecular weight is 1040 g/mol. The molecule has 24 heteroatoms. The van der Waals surface area contributed by atoms with Crippen molar-refractivity contribution in [1.29, 1.82) is 0 Å². The molecule has 404 valence electrons. The van der Waals surface area contributed by atoms with E-state index >= 15 is 0 Å². The summed E-state index contributed by atoms with van der Waals surface area (Å²) >= 11 is 0. The summed E-state index contributed by atoms with van der Waals surface area (Å²) in [6.45, 7) is 6.11. The number of urea groups is 1. The molecule has 0 aliphatic heterocycles. The van der Waals surface area contributed by atoms with Crippen LogP contribution in [0, 0.1) is 5.92 Å². The number of alkyl carbamates (subject to hydrolysis) is 1. The molecule has 1 aliphatic carbocycles. The molecule has 3 atom stereocenters. The lowest BCUT2D eigenvalue weighted by atomic mass is 9.95. The van der Waals surface area contributed by atoms with E-state index in [1.807, 2.05) is 6.07 Å². The fourth-order valence-electron chi connectivity index (χ4n) is 7.77. The summed E-state index contributed by atoms with van der Waals surface area (Å²) in [4.78, 5) is 80.9. The van der Waals surface area contributed by atoms with Crippen molar-refractivity contribution in [2.24, 2.45) is 16.8 Å². The fourth-order valence-corrected chi connectivity index (χ4v) is 7.77. The summed E-state index contributed by atoms with van der Waals surface area (Å²) in [5, 5.41) is 17.1. The molecule has 0 heterocycles. The van der Waals surface area contributed by atoms with Gasteiger partial charge in [-0.25, -0.2) is 9.59 Å². The van der Waals surface area contributed by atoms with Gasteiger partial charge < -0.3 is 74.9 Å². The summed E-state index contributed by atoms with van der Waals surface area (Å²) < 4.78 is 49.7. The maximum Gasteiger partial charge on any atom is 0.407 e. The van der Waals surface area contributed by atoms with E-state index in [1.165, 1.54) is 34.5 Å². The van der Waals surface area contributed by atoms with Gasteiger partial charge in [0.1, 0.15) is 18.7 Å². The van der Waals surface area contributed by atoms with Gasteiger partial charge in [0.05, 0.1) is 87.3 Å². The number of primary amides is 1. The topological polar surface area (TPSA) is 320 Å². The lowest BCUT2D eigenvalue weighted by molar-refractivity contribution is -0.132. The van der Waals surface area contributed by atoms with E-state index in [4.69, 9.17) is 53.9 Å². The van der Waals surface area contributed by atoms with E-state index < -0.39 is 48.0 Å². The Bertz CT molecular complexity index is 2440. The summed E-state index contributed by atoms with van der Waals surface area (Å²) in [6, 6.07) is 9.66. The number of methoxy groups -OCH3 is 4. The first kappa shape index (κ1) is 59.2. The molecule has 24 nitrogen and oxygen atoms in total. The number of ether oxygens (including phenoxy) is 9. The molecule has 0 saturated carbocycles. The molecule has 0 bridgehead atoms. The van der Waals surface area contributed by atoms with Crippen molar-refractivity contribution in [3.63, 3.8) is 0 Å². The highest BCUT2D eigenvalue weighted by atomic mass is 16.6. The molecule has 0 aromatic heterocycles. The number of carbonyl (C=O) groups excluding carboxylic acids is 5. The number of rotatable bonds is 32. The van der Waals surface area contributed by atoms with E-state index in [2.05, 4.69) is 36.6 Å². The van der Waals surface area contributed by atoms with Crippen LogP contribution in [0.3, 0.4) is 0 Å². The standard InChI is InChI=1S/C50H69N9O15/c1-31(2)44(58-42(61)17-20-70-22-24-72-26-27-73-25-23-71-21-19-54-59-52)48(63)56-38(8-7-18-53-49(51)64)47(62)55-34-12-9-32(10-13-34)30-74-50(65)57-37-15-11-33-28-41(67-4)45(68-5)46(69-6)43(33)35-14-16-40(66-3)39(60)29-36(35)37/h9-10,12-14,16,28-29,31,37-38,44H,7-8,11,15,17-27,30H2,1-6H3,(H,55,62)(H,56,63)(H,57,65)(H,58,61)(H3,51,53,64)/t37-,38?,44-/m0/s1. The van der Waals surface area contributed by atoms with Gasteiger partial charge in [0, 0.05) is 35.7 Å². The molecule has 3 aromatic carbocycles. The number of hydrogen-bond acceptors (Lipinski definition) is 16. The second-order valence-corrected chi connectivity index (χ2v) is 16.9. The van der Waals surface area contributed by atoms with Crippen molar-refractivity contribution in [3.05, 3.63) is 85.9 Å². The minimum Gasteiger partial charge on any atom is -0.493 e. The Balaban J connectivity index is 1.31. The number of hydrogen-bond donors (Lipinski definition) is 6. The number of aryl methyl sites for hydroxylation is 1. The minimum absolute atomic E-state index is 0.0288. The second-order valence-electron chi connectivity index (χ2n) is 16.9. The van der Waals surface area contributed by atoms with Crippen LogP contribution in [-0.2, 0) is 51.1 Å². The van der Waals surface area contributed by atoms with E-state index in [0.29, 0.717) is 91.1 Å². The number of fused-ring (bicyclic) bond motifs is 3. The molecule has 0 radical (unpaired) electrons. The van der Waals surface area contributed by atoms with Crippen molar-refractivity contribution < 1.29 is 66.6 Å². The summed E-state index contributed by atoms with van der Waals surface area (Å²) in [7, 11) is 5.94. The van der Waals surface area contributed by atoms with Gasteiger partial charge in [-0.2, -0.15) is 0 Å². The SMILES string of the molecule is COc1cc2c(c(OC)c1OC)-c1ccc(OC)c(=O)cc1[C@@H](NC(=O)OCc1ccc(NC(=O)C(CCCNC(N)=O)NC(=O)[C@@H](NC(=O)CCOCCOCCOCCOCCN=[N+]=[N-])C(C)C)cc1)CC2. The number of amides is 6. The van der Waals surface area contributed by atoms with Crippen molar-refractivity contribution in [3.8, 4) is 34.1 Å². The number of nitrogens with zero attached hydrogens (tertiary/aromatic N) is 3. The number of anilines is 1. The van der Waals surface area contributed by atoms with Gasteiger partial charge in [-0.3, -0.25) is 19.2 Å². The van der Waals surface area contributed by atoms with Gasteiger partial charge in [0.25, 0.3) is 0 Å². The Morgan fingerprint density at radius 1 is 0.784 bits per heavy atom. The highest BCUT2D eigenvalue weighted by Crippen LogP contribution is 2.50. The Morgan fingerprint density at radius 3 is 2.04 bits per heavy atom. The zero-order chi connectivity index (χ0) is 53.8. The van der Waals surface area contributed by atoms with Gasteiger partial charge in [-0.05, 0) is 89.7 Å². The second kappa shape index (κ2) is 31.9. The third-order valence-electron chi connectivity index (χ3n) is 11.5. The maximum atomic E-state index is 13.7. The lowest BCUT2D eigenvalue weighted by Gasteiger charge is -2.25. The number of benzene rings is 2. The Labute approximate surface area is 429 Å². The van der Waals surface area contributed by atoms with E-state index in [-0.39, 0.29) is 75.9 Å². The van der Waals surface area contributed by atoms with Crippen LogP contribution in [0.25, 0.3) is 21.6 Å². The van der Waals surface area contributed by atoms with Crippen molar-refractivity contribution in [1.82, 2.24) is 21.3 Å². The van der Waals surface area contributed by atoms with Crippen LogP contribution in [0.15, 0.2) is 58.4 Å². The predicted octanol–water partition coefficient (Wildman–Crippen LogP) is 4.44. The molecule has 0 spiro atoms.